The summed E-state index contributed by atoms with van der Waals surface area (Å²) in [5.74, 6) is -0.429. The molecular weight excluding hydrogens is 398 g/mol. The monoisotopic (exact) mass is 417 g/mol. The van der Waals surface area contributed by atoms with Gasteiger partial charge in [0.15, 0.2) is 0 Å². The van der Waals surface area contributed by atoms with Crippen LogP contribution in [-0.2, 0) is 14.8 Å². The van der Waals surface area contributed by atoms with Crippen LogP contribution < -0.4 is 9.46 Å². The van der Waals surface area contributed by atoms with Crippen LogP contribution in [0.1, 0.15) is 0 Å². The first-order valence-electron chi connectivity index (χ1n) is 8.50. The molecule has 3 aromatic carbocycles. The van der Waals surface area contributed by atoms with Crippen molar-refractivity contribution in [2.75, 3.05) is 12.3 Å². The molecule has 0 aromatic heterocycles. The summed E-state index contributed by atoms with van der Waals surface area (Å²) in [4.78, 5) is 11.5. The number of hydrogen-bond donors (Lipinski definition) is 2. The maximum Gasteiger partial charge on any atom is 0.355 e. The highest BCUT2D eigenvalue weighted by molar-refractivity contribution is 8.00. The van der Waals surface area contributed by atoms with Crippen molar-refractivity contribution in [1.82, 2.24) is 4.72 Å². The average molecular weight is 418 g/mol. The number of carboxylic acids is 1. The fourth-order valence-electron chi connectivity index (χ4n) is 2.54. The Labute approximate surface area is 167 Å². The van der Waals surface area contributed by atoms with Gasteiger partial charge >= 0.3 is 5.97 Å². The zero-order chi connectivity index (χ0) is 20.0. The van der Waals surface area contributed by atoms with Crippen molar-refractivity contribution in [1.29, 1.82) is 0 Å². The molecule has 28 heavy (non-hydrogen) atoms. The predicted octanol–water partition coefficient (Wildman–Crippen LogP) is 3.34. The quantitative estimate of drug-likeness (QED) is 0.410. The molecule has 1 unspecified atom stereocenters. The molecule has 1 atom stereocenters. The Balaban J connectivity index is 1.57. The van der Waals surface area contributed by atoms with Gasteiger partial charge in [-0.2, -0.15) is 0 Å². The van der Waals surface area contributed by atoms with Gasteiger partial charge < -0.3 is 9.84 Å². The minimum Gasteiger partial charge on any atom is -0.478 e. The molecule has 0 saturated heterocycles. The predicted molar refractivity (Wildman–Crippen MR) is 110 cm³/mol. The maximum absolute atomic E-state index is 12.5. The first-order valence-corrected chi connectivity index (χ1v) is 11.0. The van der Waals surface area contributed by atoms with Gasteiger partial charge in [0, 0.05) is 12.3 Å². The van der Waals surface area contributed by atoms with Crippen molar-refractivity contribution in [3.05, 3.63) is 72.8 Å². The first kappa shape index (κ1) is 20.2. The lowest BCUT2D eigenvalue weighted by molar-refractivity contribution is -0.140. The van der Waals surface area contributed by atoms with Crippen LogP contribution in [-0.4, -0.2) is 37.2 Å². The van der Waals surface area contributed by atoms with E-state index >= 15 is 0 Å². The Hall–Kier alpha value is -2.55. The zero-order valence-corrected chi connectivity index (χ0v) is 16.4. The van der Waals surface area contributed by atoms with Gasteiger partial charge in [0.1, 0.15) is 5.75 Å². The van der Waals surface area contributed by atoms with Gasteiger partial charge in [-0.25, -0.2) is 17.9 Å². The van der Waals surface area contributed by atoms with E-state index in [0.717, 1.165) is 22.5 Å². The van der Waals surface area contributed by atoms with E-state index in [9.17, 15) is 18.3 Å². The van der Waals surface area contributed by atoms with E-state index in [-0.39, 0.29) is 17.2 Å². The number of fused-ring (bicyclic) bond motifs is 1. The fraction of sp³-hybridized carbons (Fsp3) is 0.150. The van der Waals surface area contributed by atoms with Crippen LogP contribution in [0.5, 0.6) is 5.75 Å². The number of para-hydroxylation sites is 1. The molecule has 0 radical (unpaired) electrons. The Kier molecular flexibility index (Phi) is 6.56. The Morgan fingerprint density at radius 1 is 1.00 bits per heavy atom. The van der Waals surface area contributed by atoms with Crippen LogP contribution in [0.3, 0.4) is 0 Å². The van der Waals surface area contributed by atoms with E-state index in [0.29, 0.717) is 5.75 Å². The SMILES string of the molecule is O=C(O)C(Oc1ccccc1)SCCNS(=O)(=O)c1ccc2ccccc2c1. The second-order valence-electron chi connectivity index (χ2n) is 5.88. The highest BCUT2D eigenvalue weighted by atomic mass is 32.2. The Morgan fingerprint density at radius 2 is 1.68 bits per heavy atom. The molecule has 0 saturated carbocycles. The molecule has 3 rings (SSSR count). The highest BCUT2D eigenvalue weighted by Gasteiger charge is 2.20. The molecule has 3 aromatic rings. The summed E-state index contributed by atoms with van der Waals surface area (Å²) < 4.78 is 32.9. The number of hydrogen-bond acceptors (Lipinski definition) is 5. The van der Waals surface area contributed by atoms with Crippen molar-refractivity contribution in [2.45, 2.75) is 10.3 Å². The van der Waals surface area contributed by atoms with Crippen molar-refractivity contribution >= 4 is 38.5 Å². The van der Waals surface area contributed by atoms with Crippen LogP contribution in [0.4, 0.5) is 0 Å². The fourth-order valence-corrected chi connectivity index (χ4v) is 4.49. The second-order valence-corrected chi connectivity index (χ2v) is 8.82. The molecule has 0 heterocycles. The minimum absolute atomic E-state index is 0.0851. The molecule has 0 aliphatic carbocycles. The van der Waals surface area contributed by atoms with Gasteiger partial charge in [-0.15, -0.1) is 11.8 Å². The summed E-state index contributed by atoms with van der Waals surface area (Å²) in [5.41, 5.74) is -1.12. The van der Waals surface area contributed by atoms with Gasteiger partial charge in [-0.1, -0.05) is 48.5 Å². The number of carboxylic acid groups (broad SMARTS) is 1. The van der Waals surface area contributed by atoms with Gasteiger partial charge in [0.05, 0.1) is 4.90 Å². The second kappa shape index (κ2) is 9.09. The summed E-state index contributed by atoms with van der Waals surface area (Å²) in [6.45, 7) is 0.0851. The summed E-state index contributed by atoms with van der Waals surface area (Å²) in [6, 6.07) is 21.1. The topological polar surface area (TPSA) is 92.7 Å². The van der Waals surface area contributed by atoms with Gasteiger partial charge in [0.25, 0.3) is 0 Å². The third-order valence-electron chi connectivity index (χ3n) is 3.88. The summed E-state index contributed by atoms with van der Waals surface area (Å²) in [7, 11) is -3.68. The normalized spacial score (nSPS) is 12.6. The standard InChI is InChI=1S/C20H19NO5S2/c22-19(23)20(26-17-8-2-1-3-9-17)27-13-12-21-28(24,25)18-11-10-15-6-4-5-7-16(15)14-18/h1-11,14,20-21H,12-13H2,(H,22,23). The molecule has 0 bridgehead atoms. The largest absolute Gasteiger partial charge is 0.478 e. The maximum atomic E-state index is 12.5. The van der Waals surface area contributed by atoms with Gasteiger partial charge in [-0.05, 0) is 35.0 Å². The van der Waals surface area contributed by atoms with E-state index < -0.39 is 21.4 Å². The third-order valence-corrected chi connectivity index (χ3v) is 6.38. The number of ether oxygens (including phenoxy) is 1. The number of benzene rings is 3. The summed E-state index contributed by atoms with van der Waals surface area (Å²) in [5, 5.41) is 11.1. The van der Waals surface area contributed by atoms with E-state index in [1.165, 1.54) is 0 Å². The van der Waals surface area contributed by atoms with Crippen molar-refractivity contribution in [3.63, 3.8) is 0 Å². The Morgan fingerprint density at radius 3 is 2.39 bits per heavy atom. The van der Waals surface area contributed by atoms with Crippen molar-refractivity contribution in [2.24, 2.45) is 0 Å². The number of thioether (sulfide) groups is 1. The lowest BCUT2D eigenvalue weighted by Crippen LogP contribution is -2.29. The van der Waals surface area contributed by atoms with Crippen LogP contribution in [0, 0.1) is 0 Å². The summed E-state index contributed by atoms with van der Waals surface area (Å²) in [6.07, 6.45) is 0. The van der Waals surface area contributed by atoms with E-state index in [2.05, 4.69) is 4.72 Å². The summed E-state index contributed by atoms with van der Waals surface area (Å²) >= 11 is 1.01. The molecule has 8 heteroatoms. The highest BCUT2D eigenvalue weighted by Crippen LogP contribution is 2.20. The molecule has 0 spiro atoms. The lowest BCUT2D eigenvalue weighted by Gasteiger charge is -2.15. The van der Waals surface area contributed by atoms with E-state index in [4.69, 9.17) is 4.74 Å². The van der Waals surface area contributed by atoms with E-state index in [1.54, 1.807) is 48.5 Å². The van der Waals surface area contributed by atoms with Crippen LogP contribution >= 0.6 is 11.8 Å². The number of aliphatic carboxylic acids is 1. The van der Waals surface area contributed by atoms with Gasteiger partial charge in [0.2, 0.25) is 15.5 Å². The molecular formula is C20H19NO5S2. The zero-order valence-electron chi connectivity index (χ0n) is 14.8. The molecule has 146 valence electrons. The van der Waals surface area contributed by atoms with Crippen LogP contribution in [0.15, 0.2) is 77.7 Å². The lowest BCUT2D eigenvalue weighted by atomic mass is 10.1. The molecule has 6 nitrogen and oxygen atoms in total. The number of carbonyl (C=O) groups is 1. The van der Waals surface area contributed by atoms with Crippen molar-refractivity contribution < 1.29 is 23.1 Å². The Bertz CT molecular complexity index is 1050. The number of rotatable bonds is 9. The number of sulfonamides is 1. The minimum atomic E-state index is -3.68. The van der Waals surface area contributed by atoms with Crippen LogP contribution in [0.25, 0.3) is 10.8 Å². The van der Waals surface area contributed by atoms with Crippen LogP contribution in [0.2, 0.25) is 0 Å². The molecule has 0 aliphatic rings. The number of nitrogens with one attached hydrogen (secondary N) is 1. The molecule has 0 fully saturated rings. The van der Waals surface area contributed by atoms with Crippen molar-refractivity contribution in [3.8, 4) is 5.75 Å². The van der Waals surface area contributed by atoms with Gasteiger partial charge in [-0.3, -0.25) is 0 Å². The smallest absolute Gasteiger partial charge is 0.355 e. The average Bonchev–Trinajstić information content (AvgIpc) is 2.70. The van der Waals surface area contributed by atoms with E-state index in [1.807, 2.05) is 24.3 Å². The first-order chi connectivity index (χ1) is 13.5. The molecule has 0 aliphatic heterocycles. The molecule has 2 N–H and O–H groups in total. The molecule has 0 amide bonds. The third kappa shape index (κ3) is 5.25.